The smallest absolute Gasteiger partial charge is 0.260 e. The molecule has 0 saturated heterocycles. The minimum atomic E-state index is -3.03. The quantitative estimate of drug-likeness (QED) is 0.758. The number of halogens is 4. The van der Waals surface area contributed by atoms with Crippen molar-refractivity contribution < 1.29 is 17.6 Å². The molecule has 1 aromatic carbocycles. The Morgan fingerprint density at radius 1 is 1.27 bits per heavy atom. The molecule has 1 fully saturated rings. The highest BCUT2D eigenvalue weighted by Gasteiger charge is 2.71. The van der Waals surface area contributed by atoms with Gasteiger partial charge in [0.05, 0.1) is 5.41 Å². The molecule has 0 bridgehead atoms. The molecule has 1 aliphatic carbocycles. The fraction of sp³-hybridized carbons (Fsp3) is 0.400. The third kappa shape index (κ3) is 1.33. The lowest BCUT2D eigenvalue weighted by Crippen LogP contribution is -2.28. The van der Waals surface area contributed by atoms with Gasteiger partial charge < -0.3 is 5.73 Å². The molecule has 1 aromatic rings. The highest BCUT2D eigenvalue weighted by atomic mass is 19.3. The van der Waals surface area contributed by atoms with E-state index in [1.165, 1.54) is 0 Å². The van der Waals surface area contributed by atoms with Crippen molar-refractivity contribution in [3.8, 4) is 0 Å². The normalized spacial score (nSPS) is 27.8. The van der Waals surface area contributed by atoms with Gasteiger partial charge in [-0.2, -0.15) is 0 Å². The molecule has 0 radical (unpaired) electrons. The summed E-state index contributed by atoms with van der Waals surface area (Å²) in [5.41, 5.74) is 3.19. The molecule has 0 spiro atoms. The number of benzene rings is 1. The van der Waals surface area contributed by atoms with Crippen LogP contribution in [0.4, 0.5) is 17.6 Å². The predicted molar refractivity (Wildman–Crippen MR) is 46.7 cm³/mol. The van der Waals surface area contributed by atoms with E-state index in [0.717, 1.165) is 18.2 Å². The van der Waals surface area contributed by atoms with E-state index in [2.05, 4.69) is 0 Å². The van der Waals surface area contributed by atoms with Crippen molar-refractivity contribution in [1.82, 2.24) is 0 Å². The lowest BCUT2D eigenvalue weighted by molar-refractivity contribution is 0.0886. The first-order valence-corrected chi connectivity index (χ1v) is 4.46. The molecular weight excluding hydrogens is 210 g/mol. The maximum absolute atomic E-state index is 13.3. The van der Waals surface area contributed by atoms with E-state index in [1.807, 2.05) is 0 Å². The second-order valence-corrected chi connectivity index (χ2v) is 3.79. The molecule has 2 N–H and O–H groups in total. The third-order valence-corrected chi connectivity index (χ3v) is 2.89. The second kappa shape index (κ2) is 2.95. The Morgan fingerprint density at radius 3 is 2.33 bits per heavy atom. The van der Waals surface area contributed by atoms with Crippen LogP contribution >= 0.6 is 0 Å². The van der Waals surface area contributed by atoms with Crippen molar-refractivity contribution in [2.24, 2.45) is 5.73 Å². The van der Waals surface area contributed by atoms with E-state index < -0.39 is 29.4 Å². The maximum Gasteiger partial charge on any atom is 0.260 e. The van der Waals surface area contributed by atoms with E-state index in [-0.39, 0.29) is 12.1 Å². The SMILES string of the molecule is NCC1(c2cc(F)ccc2F)CC1(F)F. The van der Waals surface area contributed by atoms with Gasteiger partial charge in [-0.1, -0.05) is 0 Å². The van der Waals surface area contributed by atoms with Crippen LogP contribution in [0.1, 0.15) is 12.0 Å². The second-order valence-electron chi connectivity index (χ2n) is 3.79. The molecule has 2 rings (SSSR count). The lowest BCUT2D eigenvalue weighted by Gasteiger charge is -2.15. The molecule has 82 valence electrons. The first-order valence-electron chi connectivity index (χ1n) is 4.46. The van der Waals surface area contributed by atoms with Gasteiger partial charge in [-0.15, -0.1) is 0 Å². The highest BCUT2D eigenvalue weighted by Crippen LogP contribution is 2.61. The zero-order chi connectivity index (χ0) is 11.3. The Bertz CT molecular complexity index is 404. The van der Waals surface area contributed by atoms with Crippen molar-refractivity contribution in [3.05, 3.63) is 35.4 Å². The zero-order valence-electron chi connectivity index (χ0n) is 7.74. The molecule has 0 aromatic heterocycles. The van der Waals surface area contributed by atoms with Crippen molar-refractivity contribution in [1.29, 1.82) is 0 Å². The van der Waals surface area contributed by atoms with Crippen LogP contribution in [0, 0.1) is 11.6 Å². The highest BCUT2D eigenvalue weighted by molar-refractivity contribution is 5.39. The monoisotopic (exact) mass is 219 g/mol. The van der Waals surface area contributed by atoms with E-state index in [4.69, 9.17) is 5.73 Å². The van der Waals surface area contributed by atoms with Crippen molar-refractivity contribution in [2.75, 3.05) is 6.54 Å². The Hall–Kier alpha value is -1.10. The molecule has 1 nitrogen and oxygen atoms in total. The molecule has 15 heavy (non-hydrogen) atoms. The van der Waals surface area contributed by atoms with E-state index >= 15 is 0 Å². The van der Waals surface area contributed by atoms with E-state index in [1.54, 1.807) is 0 Å². The number of nitrogens with two attached hydrogens (primary N) is 1. The molecule has 0 heterocycles. The molecule has 5 heteroatoms. The average molecular weight is 219 g/mol. The molecule has 0 amide bonds. The van der Waals surface area contributed by atoms with E-state index in [9.17, 15) is 17.6 Å². The van der Waals surface area contributed by atoms with Gasteiger partial charge in [-0.05, 0) is 18.2 Å². The van der Waals surface area contributed by atoms with Crippen LogP contribution in [-0.2, 0) is 5.41 Å². The maximum atomic E-state index is 13.3. The van der Waals surface area contributed by atoms with Crippen LogP contribution in [0.2, 0.25) is 0 Å². The summed E-state index contributed by atoms with van der Waals surface area (Å²) in [5.74, 6) is -4.60. The number of hydrogen-bond donors (Lipinski definition) is 1. The molecule has 1 atom stereocenters. The summed E-state index contributed by atoms with van der Waals surface area (Å²) in [7, 11) is 0. The first kappa shape index (κ1) is 10.4. The van der Waals surface area contributed by atoms with Crippen LogP contribution in [-0.4, -0.2) is 12.5 Å². The fourth-order valence-electron chi connectivity index (χ4n) is 1.82. The van der Waals surface area contributed by atoms with Crippen LogP contribution in [0.3, 0.4) is 0 Å². The Balaban J connectivity index is 2.50. The van der Waals surface area contributed by atoms with Gasteiger partial charge in [0.25, 0.3) is 5.92 Å². The summed E-state index contributed by atoms with van der Waals surface area (Å²) < 4.78 is 52.3. The van der Waals surface area contributed by atoms with Crippen molar-refractivity contribution in [2.45, 2.75) is 17.8 Å². The molecule has 1 saturated carbocycles. The largest absolute Gasteiger partial charge is 0.329 e. The molecule has 1 aliphatic rings. The standard InChI is InChI=1S/C10H9F4N/c11-6-1-2-8(12)7(3-6)9(5-15)4-10(9,13)14/h1-3H,4-5,15H2. The van der Waals surface area contributed by atoms with Gasteiger partial charge in [0, 0.05) is 18.5 Å². The first-order chi connectivity index (χ1) is 6.93. The Labute approximate surface area is 83.9 Å². The van der Waals surface area contributed by atoms with Crippen LogP contribution in [0.5, 0.6) is 0 Å². The summed E-state index contributed by atoms with van der Waals surface area (Å²) in [6.07, 6.45) is -0.517. The molecule has 0 aliphatic heterocycles. The number of alkyl halides is 2. The zero-order valence-corrected chi connectivity index (χ0v) is 7.74. The van der Waals surface area contributed by atoms with E-state index in [0.29, 0.717) is 0 Å². The molecule has 1 unspecified atom stereocenters. The molecular formula is C10H9F4N. The fourth-order valence-corrected chi connectivity index (χ4v) is 1.82. The Kier molecular flexibility index (Phi) is 2.05. The summed E-state index contributed by atoms with van der Waals surface area (Å²) in [6.45, 7) is -0.389. The number of rotatable bonds is 2. The van der Waals surface area contributed by atoms with Gasteiger partial charge in [-0.25, -0.2) is 17.6 Å². The average Bonchev–Trinajstić information content (AvgIpc) is 2.74. The van der Waals surface area contributed by atoms with Gasteiger partial charge in [0.1, 0.15) is 11.6 Å². The predicted octanol–water partition coefficient (Wildman–Crippen LogP) is 2.20. The summed E-state index contributed by atoms with van der Waals surface area (Å²) >= 11 is 0. The lowest BCUT2D eigenvalue weighted by atomic mass is 9.94. The van der Waals surface area contributed by atoms with Crippen LogP contribution in [0.25, 0.3) is 0 Å². The summed E-state index contributed by atoms with van der Waals surface area (Å²) in [6, 6.07) is 2.53. The van der Waals surface area contributed by atoms with Crippen molar-refractivity contribution in [3.63, 3.8) is 0 Å². The van der Waals surface area contributed by atoms with Crippen molar-refractivity contribution >= 4 is 0 Å². The van der Waals surface area contributed by atoms with Crippen LogP contribution < -0.4 is 5.73 Å². The Morgan fingerprint density at radius 2 is 1.87 bits per heavy atom. The minimum Gasteiger partial charge on any atom is -0.329 e. The minimum absolute atomic E-state index is 0.324. The number of hydrogen-bond acceptors (Lipinski definition) is 1. The van der Waals surface area contributed by atoms with Gasteiger partial charge >= 0.3 is 0 Å². The van der Waals surface area contributed by atoms with Gasteiger partial charge in [0.15, 0.2) is 0 Å². The van der Waals surface area contributed by atoms with Crippen LogP contribution in [0.15, 0.2) is 18.2 Å². The summed E-state index contributed by atoms with van der Waals surface area (Å²) in [5, 5.41) is 0. The van der Waals surface area contributed by atoms with Gasteiger partial charge in [0.2, 0.25) is 0 Å². The topological polar surface area (TPSA) is 26.0 Å². The van der Waals surface area contributed by atoms with Gasteiger partial charge in [-0.3, -0.25) is 0 Å². The summed E-state index contributed by atoms with van der Waals surface area (Å²) in [4.78, 5) is 0. The third-order valence-electron chi connectivity index (χ3n) is 2.89.